The van der Waals surface area contributed by atoms with Gasteiger partial charge in [0.25, 0.3) is 5.69 Å². The van der Waals surface area contributed by atoms with E-state index < -0.39 is 0 Å². The van der Waals surface area contributed by atoms with Crippen LogP contribution in [-0.2, 0) is 17.8 Å². The molecule has 3 aromatic carbocycles. The number of nitrogens with zero attached hydrogens (tertiary/aromatic N) is 3. The van der Waals surface area contributed by atoms with Gasteiger partial charge in [-0.05, 0) is 48.2 Å². The lowest BCUT2D eigenvalue weighted by molar-refractivity contribution is -0.384. The van der Waals surface area contributed by atoms with E-state index in [1.165, 1.54) is 12.1 Å². The Morgan fingerprint density at radius 1 is 1.11 bits per heavy atom. The number of piperazine rings is 1. The van der Waals surface area contributed by atoms with E-state index in [2.05, 4.69) is 15.1 Å². The van der Waals surface area contributed by atoms with Crippen molar-refractivity contribution >= 4 is 17.3 Å². The average molecular weight is 489 g/mol. The van der Waals surface area contributed by atoms with E-state index in [4.69, 9.17) is 0 Å². The van der Waals surface area contributed by atoms with Gasteiger partial charge in [-0.2, -0.15) is 0 Å². The maximum absolute atomic E-state index is 13.6. The highest BCUT2D eigenvalue weighted by molar-refractivity contribution is 5.82. The standard InChI is InChI=1S/C28H29FN4O3/c1-19(21-5-3-2-4-6-21)30-28(34)25-16-22-15-24(33(35)36)11-12-26(22)32-14-13-31(18-27(25)32)17-20-7-9-23(29)10-8-20/h2-12,15,19,25,27H,13-14,16-18H2,1H3,(H,30,34)/t19-,25-,27-/m0/s1. The van der Waals surface area contributed by atoms with Crippen molar-refractivity contribution in [1.82, 2.24) is 10.2 Å². The fraction of sp³-hybridized carbons (Fsp3) is 0.321. The predicted octanol–water partition coefficient (Wildman–Crippen LogP) is 4.47. The van der Waals surface area contributed by atoms with Crippen LogP contribution < -0.4 is 10.2 Å². The fourth-order valence-corrected chi connectivity index (χ4v) is 5.42. The van der Waals surface area contributed by atoms with Crippen molar-refractivity contribution in [2.75, 3.05) is 24.5 Å². The quantitative estimate of drug-likeness (QED) is 0.409. The summed E-state index contributed by atoms with van der Waals surface area (Å²) in [5, 5.41) is 14.6. The number of nitro benzene ring substituents is 1. The number of fused-ring (bicyclic) bond motifs is 3. The monoisotopic (exact) mass is 488 g/mol. The van der Waals surface area contributed by atoms with Crippen molar-refractivity contribution in [3.8, 4) is 0 Å². The molecule has 0 aliphatic carbocycles. The Kier molecular flexibility index (Phi) is 6.69. The van der Waals surface area contributed by atoms with E-state index in [1.807, 2.05) is 43.3 Å². The molecule has 0 bridgehead atoms. The first-order valence-electron chi connectivity index (χ1n) is 12.2. The molecule has 0 unspecified atom stereocenters. The van der Waals surface area contributed by atoms with Crippen LogP contribution in [0.1, 0.15) is 29.7 Å². The molecule has 0 saturated carbocycles. The molecule has 186 valence electrons. The third kappa shape index (κ3) is 4.95. The molecule has 0 spiro atoms. The van der Waals surface area contributed by atoms with Gasteiger partial charge in [-0.1, -0.05) is 42.5 Å². The lowest BCUT2D eigenvalue weighted by Gasteiger charge is -2.49. The van der Waals surface area contributed by atoms with Crippen LogP contribution in [0.5, 0.6) is 0 Å². The Balaban J connectivity index is 1.41. The molecule has 8 heteroatoms. The van der Waals surface area contributed by atoms with Crippen LogP contribution in [-0.4, -0.2) is 41.4 Å². The minimum atomic E-state index is -0.389. The Morgan fingerprint density at radius 2 is 1.86 bits per heavy atom. The summed E-state index contributed by atoms with van der Waals surface area (Å²) in [4.78, 5) is 29.2. The number of hydrogen-bond acceptors (Lipinski definition) is 5. The van der Waals surface area contributed by atoms with Gasteiger partial charge >= 0.3 is 0 Å². The first-order chi connectivity index (χ1) is 17.4. The van der Waals surface area contributed by atoms with E-state index >= 15 is 0 Å². The highest BCUT2D eigenvalue weighted by Gasteiger charge is 2.42. The first kappa shape index (κ1) is 23.9. The first-order valence-corrected chi connectivity index (χ1v) is 12.2. The second-order valence-corrected chi connectivity index (χ2v) is 9.64. The number of rotatable bonds is 6. The number of benzene rings is 3. The van der Waals surface area contributed by atoms with Crippen molar-refractivity contribution in [1.29, 1.82) is 0 Å². The van der Waals surface area contributed by atoms with Crippen LogP contribution >= 0.6 is 0 Å². The Bertz CT molecular complexity index is 1250. The maximum atomic E-state index is 13.6. The van der Waals surface area contributed by atoms with E-state index in [1.54, 1.807) is 24.3 Å². The van der Waals surface area contributed by atoms with Gasteiger partial charge in [-0.15, -0.1) is 0 Å². The van der Waals surface area contributed by atoms with Gasteiger partial charge in [0.15, 0.2) is 0 Å². The van der Waals surface area contributed by atoms with Gasteiger partial charge in [0.05, 0.1) is 22.9 Å². The Labute approximate surface area is 209 Å². The highest BCUT2D eigenvalue weighted by Crippen LogP contribution is 2.38. The summed E-state index contributed by atoms with van der Waals surface area (Å²) in [6, 6.07) is 21.1. The number of nitro groups is 1. The third-order valence-electron chi connectivity index (χ3n) is 7.30. The largest absolute Gasteiger partial charge is 0.365 e. The van der Waals surface area contributed by atoms with Crippen LogP contribution in [0.15, 0.2) is 72.8 Å². The molecular weight excluding hydrogens is 459 g/mol. The summed E-state index contributed by atoms with van der Waals surface area (Å²) in [6.45, 7) is 4.79. The lowest BCUT2D eigenvalue weighted by Crippen LogP contribution is -2.61. The number of carbonyl (C=O) groups excluding carboxylic acids is 1. The number of halogens is 1. The van der Waals surface area contributed by atoms with Crippen LogP contribution in [0, 0.1) is 21.8 Å². The molecule has 5 rings (SSSR count). The summed E-state index contributed by atoms with van der Waals surface area (Å²) in [5.74, 6) is -0.672. The molecule has 3 aromatic rings. The van der Waals surface area contributed by atoms with E-state index in [0.29, 0.717) is 26.1 Å². The SMILES string of the molecule is C[C@H](NC(=O)[C@H]1Cc2cc([N+](=O)[O-])ccc2N2CCN(Cc3ccc(F)cc3)C[C@@H]12)c1ccccc1. The highest BCUT2D eigenvalue weighted by atomic mass is 19.1. The molecule has 36 heavy (non-hydrogen) atoms. The number of carbonyl (C=O) groups is 1. The smallest absolute Gasteiger partial charge is 0.269 e. The van der Waals surface area contributed by atoms with Crippen molar-refractivity contribution in [3.63, 3.8) is 0 Å². The van der Waals surface area contributed by atoms with E-state index in [0.717, 1.165) is 28.9 Å². The normalized spacial score (nSPS) is 20.2. The third-order valence-corrected chi connectivity index (χ3v) is 7.30. The van der Waals surface area contributed by atoms with E-state index in [9.17, 15) is 19.3 Å². The van der Waals surface area contributed by atoms with E-state index in [-0.39, 0.29) is 40.3 Å². The summed E-state index contributed by atoms with van der Waals surface area (Å²) in [5.41, 5.74) is 3.89. The van der Waals surface area contributed by atoms with Gasteiger partial charge < -0.3 is 10.2 Å². The second kappa shape index (κ2) is 10.1. The summed E-state index contributed by atoms with van der Waals surface area (Å²) >= 11 is 0. The zero-order valence-electron chi connectivity index (χ0n) is 20.1. The molecule has 2 aliphatic heterocycles. The second-order valence-electron chi connectivity index (χ2n) is 9.64. The van der Waals surface area contributed by atoms with Gasteiger partial charge in [-0.25, -0.2) is 4.39 Å². The minimum absolute atomic E-state index is 0.0407. The molecule has 2 aliphatic rings. The van der Waals surface area contributed by atoms with Gasteiger partial charge in [0.2, 0.25) is 5.91 Å². The number of non-ortho nitro benzene ring substituents is 1. The van der Waals surface area contributed by atoms with Crippen LogP contribution in [0.2, 0.25) is 0 Å². The minimum Gasteiger partial charge on any atom is -0.365 e. The van der Waals surface area contributed by atoms with Crippen molar-refractivity contribution in [3.05, 3.63) is 105 Å². The molecule has 0 radical (unpaired) electrons. The molecule has 1 N–H and O–H groups in total. The van der Waals surface area contributed by atoms with Crippen molar-refractivity contribution in [2.45, 2.75) is 32.0 Å². The molecule has 2 heterocycles. The number of amides is 1. The summed E-state index contributed by atoms with van der Waals surface area (Å²) < 4.78 is 13.4. The molecule has 0 aromatic heterocycles. The topological polar surface area (TPSA) is 78.7 Å². The zero-order chi connectivity index (χ0) is 25.2. The van der Waals surface area contributed by atoms with Gasteiger partial charge in [0.1, 0.15) is 5.82 Å². The van der Waals surface area contributed by atoms with Crippen molar-refractivity contribution < 1.29 is 14.1 Å². The zero-order valence-corrected chi connectivity index (χ0v) is 20.1. The number of anilines is 1. The Hall–Kier alpha value is -3.78. The summed E-state index contributed by atoms with van der Waals surface area (Å²) in [7, 11) is 0. The van der Waals surface area contributed by atoms with Crippen LogP contribution in [0.3, 0.4) is 0 Å². The molecule has 3 atom stereocenters. The Morgan fingerprint density at radius 3 is 2.58 bits per heavy atom. The van der Waals surface area contributed by atoms with Crippen LogP contribution in [0.4, 0.5) is 15.8 Å². The molecular formula is C28H29FN4O3. The number of nitrogens with one attached hydrogen (secondary N) is 1. The maximum Gasteiger partial charge on any atom is 0.269 e. The van der Waals surface area contributed by atoms with Gasteiger partial charge in [0, 0.05) is 44.0 Å². The molecule has 7 nitrogen and oxygen atoms in total. The summed E-state index contributed by atoms with van der Waals surface area (Å²) in [6.07, 6.45) is 0.440. The average Bonchev–Trinajstić information content (AvgIpc) is 2.89. The van der Waals surface area contributed by atoms with Gasteiger partial charge in [-0.3, -0.25) is 19.8 Å². The molecule has 1 amide bonds. The lowest BCUT2D eigenvalue weighted by atomic mass is 9.83. The molecule has 1 fully saturated rings. The predicted molar refractivity (Wildman–Crippen MR) is 136 cm³/mol. The fourth-order valence-electron chi connectivity index (χ4n) is 5.42. The van der Waals surface area contributed by atoms with Crippen LogP contribution in [0.25, 0.3) is 0 Å². The van der Waals surface area contributed by atoms with Crippen molar-refractivity contribution in [2.24, 2.45) is 5.92 Å². The molecule has 1 saturated heterocycles. The number of hydrogen-bond donors (Lipinski definition) is 1.